The van der Waals surface area contributed by atoms with Crippen molar-refractivity contribution in [2.75, 3.05) is 5.32 Å². The average molecular weight is 301 g/mol. The Morgan fingerprint density at radius 3 is 2.86 bits per heavy atom. The number of nitrogens with zero attached hydrogens (tertiary/aromatic N) is 5. The number of hydrogen-bond donors (Lipinski definition) is 1. The molecule has 6 nitrogen and oxygen atoms in total. The summed E-state index contributed by atoms with van der Waals surface area (Å²) in [5.74, 6) is 1.21. The van der Waals surface area contributed by atoms with E-state index in [2.05, 4.69) is 25.3 Å². The Hall–Kier alpha value is -2.47. The van der Waals surface area contributed by atoms with Gasteiger partial charge >= 0.3 is 0 Å². The van der Waals surface area contributed by atoms with Crippen LogP contribution in [0, 0.1) is 0 Å². The second-order valence-corrected chi connectivity index (χ2v) is 4.74. The molecule has 0 aliphatic heterocycles. The second kappa shape index (κ2) is 5.49. The molecular weight excluding hydrogens is 288 g/mol. The Morgan fingerprint density at radius 1 is 1.29 bits per heavy atom. The van der Waals surface area contributed by atoms with E-state index in [0.29, 0.717) is 22.8 Å². The zero-order valence-corrected chi connectivity index (χ0v) is 12.3. The maximum absolute atomic E-state index is 6.02. The van der Waals surface area contributed by atoms with Crippen molar-refractivity contribution < 1.29 is 0 Å². The number of allylic oxidation sites excluding steroid dienone is 2. The molecule has 0 fully saturated rings. The molecule has 1 N–H and O–H groups in total. The van der Waals surface area contributed by atoms with Crippen LogP contribution in [0.25, 0.3) is 16.9 Å². The third-order valence-corrected chi connectivity index (χ3v) is 3.25. The van der Waals surface area contributed by atoms with Gasteiger partial charge in [0.05, 0.1) is 0 Å². The molecule has 0 aromatic carbocycles. The first-order valence-electron chi connectivity index (χ1n) is 6.41. The van der Waals surface area contributed by atoms with Gasteiger partial charge in [-0.25, -0.2) is 9.97 Å². The van der Waals surface area contributed by atoms with Gasteiger partial charge in [-0.3, -0.25) is 4.57 Å². The van der Waals surface area contributed by atoms with Crippen LogP contribution in [0.4, 0.5) is 11.6 Å². The van der Waals surface area contributed by atoms with Gasteiger partial charge in [-0.05, 0) is 37.6 Å². The van der Waals surface area contributed by atoms with Crippen molar-refractivity contribution in [1.82, 2.24) is 24.5 Å². The summed E-state index contributed by atoms with van der Waals surface area (Å²) in [6.45, 7) is 3.93. The summed E-state index contributed by atoms with van der Waals surface area (Å²) < 4.78 is 1.87. The molecular formula is C14H13ClN6. The fourth-order valence-electron chi connectivity index (χ4n) is 1.92. The number of anilines is 2. The number of imidazole rings is 1. The van der Waals surface area contributed by atoms with Gasteiger partial charge in [0.2, 0.25) is 5.28 Å². The molecule has 3 heterocycles. The second-order valence-electron chi connectivity index (χ2n) is 4.40. The van der Waals surface area contributed by atoms with Gasteiger partial charge in [-0.15, -0.1) is 0 Å². The number of pyridine rings is 1. The lowest BCUT2D eigenvalue weighted by molar-refractivity contribution is 1.07. The van der Waals surface area contributed by atoms with E-state index in [1.165, 1.54) is 0 Å². The molecule has 0 aliphatic carbocycles. The smallest absolute Gasteiger partial charge is 0.226 e. The van der Waals surface area contributed by atoms with E-state index in [4.69, 9.17) is 11.6 Å². The van der Waals surface area contributed by atoms with Crippen LogP contribution in [0.5, 0.6) is 0 Å². The third kappa shape index (κ3) is 2.57. The molecule has 0 unspecified atom stereocenters. The molecule has 0 radical (unpaired) electrons. The molecule has 0 amide bonds. The summed E-state index contributed by atoms with van der Waals surface area (Å²) >= 11 is 6.02. The van der Waals surface area contributed by atoms with Crippen LogP contribution >= 0.6 is 11.6 Å². The number of rotatable bonds is 3. The number of hydrogen-bond acceptors (Lipinski definition) is 5. The maximum atomic E-state index is 6.02. The lowest BCUT2D eigenvalue weighted by Crippen LogP contribution is -2.00. The molecule has 3 aromatic rings. The van der Waals surface area contributed by atoms with Crippen LogP contribution in [0.15, 0.2) is 36.8 Å². The van der Waals surface area contributed by atoms with Crippen LogP contribution in [0.2, 0.25) is 5.28 Å². The highest BCUT2D eigenvalue weighted by atomic mass is 35.5. The van der Waals surface area contributed by atoms with Crippen molar-refractivity contribution in [3.8, 4) is 0 Å². The van der Waals surface area contributed by atoms with Crippen molar-refractivity contribution in [2.24, 2.45) is 0 Å². The molecule has 3 aromatic heterocycles. The van der Waals surface area contributed by atoms with Gasteiger partial charge in [-0.1, -0.05) is 12.1 Å². The summed E-state index contributed by atoms with van der Waals surface area (Å²) in [5.41, 5.74) is 2.31. The number of aromatic nitrogens is 5. The Morgan fingerprint density at radius 2 is 2.14 bits per heavy atom. The van der Waals surface area contributed by atoms with Gasteiger partial charge in [-0.2, -0.15) is 9.97 Å². The van der Waals surface area contributed by atoms with E-state index in [-0.39, 0.29) is 5.28 Å². The van der Waals surface area contributed by atoms with E-state index >= 15 is 0 Å². The van der Waals surface area contributed by atoms with Crippen LogP contribution in [-0.4, -0.2) is 24.5 Å². The lowest BCUT2D eigenvalue weighted by atomic mass is 10.4. The van der Waals surface area contributed by atoms with Gasteiger partial charge in [0.1, 0.15) is 12.1 Å². The van der Waals surface area contributed by atoms with Gasteiger partial charge < -0.3 is 5.32 Å². The van der Waals surface area contributed by atoms with Crippen LogP contribution in [-0.2, 0) is 0 Å². The van der Waals surface area contributed by atoms with Crippen molar-refractivity contribution in [1.29, 1.82) is 0 Å². The number of halogens is 1. The van der Waals surface area contributed by atoms with E-state index in [0.717, 1.165) is 5.70 Å². The number of fused-ring (bicyclic) bond motifs is 1. The maximum Gasteiger partial charge on any atom is 0.226 e. The van der Waals surface area contributed by atoms with Crippen molar-refractivity contribution >= 4 is 40.1 Å². The molecule has 0 spiro atoms. The molecule has 3 rings (SSSR count). The molecule has 0 saturated heterocycles. The quantitative estimate of drug-likeness (QED) is 0.750. The van der Waals surface area contributed by atoms with Gasteiger partial charge in [0.15, 0.2) is 17.0 Å². The predicted octanol–water partition coefficient (Wildman–Crippen LogP) is 3.50. The average Bonchev–Trinajstić information content (AvgIpc) is 2.91. The zero-order chi connectivity index (χ0) is 14.8. The largest absolute Gasteiger partial charge is 0.323 e. The van der Waals surface area contributed by atoms with E-state index in [9.17, 15) is 0 Å². The molecule has 0 bridgehead atoms. The van der Waals surface area contributed by atoms with E-state index in [1.54, 1.807) is 12.5 Å². The highest BCUT2D eigenvalue weighted by Gasteiger charge is 2.13. The monoisotopic (exact) mass is 300 g/mol. The Kier molecular flexibility index (Phi) is 3.53. The van der Waals surface area contributed by atoms with Gasteiger partial charge in [0.25, 0.3) is 0 Å². The summed E-state index contributed by atoms with van der Waals surface area (Å²) in [6.07, 6.45) is 5.38. The number of nitrogens with one attached hydrogen (secondary N) is 1. The first kappa shape index (κ1) is 13.5. The van der Waals surface area contributed by atoms with Crippen LogP contribution in [0.3, 0.4) is 0 Å². The normalized spacial score (nSPS) is 11.9. The molecule has 0 atom stereocenters. The van der Waals surface area contributed by atoms with Crippen molar-refractivity contribution in [3.63, 3.8) is 0 Å². The zero-order valence-electron chi connectivity index (χ0n) is 11.6. The van der Waals surface area contributed by atoms with Crippen molar-refractivity contribution in [2.45, 2.75) is 13.8 Å². The molecule has 7 heteroatoms. The Balaban J connectivity index is 2.13. The first-order chi connectivity index (χ1) is 10.2. The molecule has 106 valence electrons. The summed E-state index contributed by atoms with van der Waals surface area (Å²) in [7, 11) is 0. The SMILES string of the molecule is C/C=C(/C)n1cnc2c(Nc3ccccn3)nc(Cl)nc21. The Bertz CT molecular complexity index is 809. The van der Waals surface area contributed by atoms with Crippen LogP contribution < -0.4 is 5.32 Å². The minimum absolute atomic E-state index is 0.159. The molecule has 0 saturated carbocycles. The van der Waals surface area contributed by atoms with E-state index < -0.39 is 0 Å². The minimum atomic E-state index is 0.159. The van der Waals surface area contributed by atoms with Crippen LogP contribution in [0.1, 0.15) is 13.8 Å². The molecule has 21 heavy (non-hydrogen) atoms. The standard InChI is InChI=1S/C14H13ClN6/c1-3-9(2)21-8-17-11-12(19-14(15)20-13(11)21)18-10-6-4-5-7-16-10/h3-8H,1-2H3,(H,16,18,19,20)/b9-3-. The third-order valence-electron chi connectivity index (χ3n) is 3.08. The fourth-order valence-corrected chi connectivity index (χ4v) is 2.08. The highest BCUT2D eigenvalue weighted by Crippen LogP contribution is 2.24. The predicted molar refractivity (Wildman–Crippen MR) is 83.5 cm³/mol. The molecule has 0 aliphatic rings. The fraction of sp³-hybridized carbons (Fsp3) is 0.143. The highest BCUT2D eigenvalue weighted by molar-refractivity contribution is 6.28. The van der Waals surface area contributed by atoms with Crippen molar-refractivity contribution in [3.05, 3.63) is 42.1 Å². The Labute approximate surface area is 126 Å². The topological polar surface area (TPSA) is 68.5 Å². The minimum Gasteiger partial charge on any atom is -0.323 e. The summed E-state index contributed by atoms with van der Waals surface area (Å²) in [4.78, 5) is 17.0. The van der Waals surface area contributed by atoms with E-state index in [1.807, 2.05) is 42.7 Å². The summed E-state index contributed by atoms with van der Waals surface area (Å²) in [6, 6.07) is 5.58. The van der Waals surface area contributed by atoms with Gasteiger partial charge in [0, 0.05) is 11.9 Å². The summed E-state index contributed by atoms with van der Waals surface area (Å²) in [5, 5.41) is 3.27. The lowest BCUT2D eigenvalue weighted by Gasteiger charge is -2.07. The first-order valence-corrected chi connectivity index (χ1v) is 6.79.